The van der Waals surface area contributed by atoms with Gasteiger partial charge in [-0.15, -0.1) is 0 Å². The number of hydrogen-bond donors (Lipinski definition) is 1. The van der Waals surface area contributed by atoms with Crippen molar-refractivity contribution in [1.29, 1.82) is 0 Å². The highest BCUT2D eigenvalue weighted by atomic mass is 19.3. The van der Waals surface area contributed by atoms with E-state index in [0.29, 0.717) is 19.6 Å². The summed E-state index contributed by atoms with van der Waals surface area (Å²) in [4.78, 5) is 0. The van der Waals surface area contributed by atoms with Crippen molar-refractivity contribution in [3.8, 4) is 0 Å². The molecule has 1 aromatic carbocycles. The molecule has 20 heavy (non-hydrogen) atoms. The Bertz CT molecular complexity index is 344. The van der Waals surface area contributed by atoms with Gasteiger partial charge in [0.15, 0.2) is 0 Å². The van der Waals surface area contributed by atoms with Gasteiger partial charge in [-0.2, -0.15) is 0 Å². The fourth-order valence-electron chi connectivity index (χ4n) is 1.99. The molecule has 0 aromatic heterocycles. The summed E-state index contributed by atoms with van der Waals surface area (Å²) in [7, 11) is 0. The molecule has 0 aliphatic rings. The first kappa shape index (κ1) is 17.1. The Morgan fingerprint density at radius 2 is 1.70 bits per heavy atom. The van der Waals surface area contributed by atoms with E-state index < -0.39 is 5.92 Å². The van der Waals surface area contributed by atoms with Gasteiger partial charge in [-0.25, -0.2) is 8.78 Å². The SMILES string of the molecule is NCCCC(F)(F)CCOCCCCc1ccccc1. The Hall–Kier alpha value is -1.00. The summed E-state index contributed by atoms with van der Waals surface area (Å²) in [5, 5.41) is 0. The molecule has 114 valence electrons. The topological polar surface area (TPSA) is 35.2 Å². The van der Waals surface area contributed by atoms with Crippen LogP contribution in [0.15, 0.2) is 30.3 Å². The lowest BCUT2D eigenvalue weighted by atomic mass is 10.1. The highest BCUT2D eigenvalue weighted by Crippen LogP contribution is 2.24. The van der Waals surface area contributed by atoms with E-state index in [9.17, 15) is 8.78 Å². The summed E-state index contributed by atoms with van der Waals surface area (Å²) in [6.07, 6.45) is 2.96. The molecule has 0 amide bonds. The Labute approximate surface area is 120 Å². The van der Waals surface area contributed by atoms with Crippen molar-refractivity contribution >= 4 is 0 Å². The van der Waals surface area contributed by atoms with Crippen molar-refractivity contribution in [3.05, 3.63) is 35.9 Å². The number of benzene rings is 1. The normalized spacial score (nSPS) is 11.8. The van der Waals surface area contributed by atoms with Crippen LogP contribution in [0.25, 0.3) is 0 Å². The van der Waals surface area contributed by atoms with Crippen LogP contribution in [-0.4, -0.2) is 25.7 Å². The second kappa shape index (κ2) is 9.83. The maximum atomic E-state index is 13.3. The molecule has 1 rings (SSSR count). The number of alkyl halides is 2. The van der Waals surface area contributed by atoms with Gasteiger partial charge in [0, 0.05) is 19.4 Å². The van der Waals surface area contributed by atoms with Gasteiger partial charge in [-0.3, -0.25) is 0 Å². The summed E-state index contributed by atoms with van der Waals surface area (Å²) in [5.41, 5.74) is 6.54. The lowest BCUT2D eigenvalue weighted by Gasteiger charge is -2.15. The number of rotatable bonds is 11. The first-order valence-electron chi connectivity index (χ1n) is 7.33. The average molecular weight is 285 g/mol. The number of halogens is 2. The Morgan fingerprint density at radius 3 is 2.40 bits per heavy atom. The van der Waals surface area contributed by atoms with E-state index >= 15 is 0 Å². The minimum atomic E-state index is -2.64. The van der Waals surface area contributed by atoms with Crippen LogP contribution in [0.1, 0.15) is 37.7 Å². The number of unbranched alkanes of at least 4 members (excludes halogenated alkanes) is 1. The molecule has 0 atom stereocenters. The van der Waals surface area contributed by atoms with E-state index in [-0.39, 0.29) is 19.4 Å². The van der Waals surface area contributed by atoms with Gasteiger partial charge in [0.25, 0.3) is 0 Å². The molecule has 2 nitrogen and oxygen atoms in total. The molecular formula is C16H25F2NO. The molecule has 0 fully saturated rings. The third kappa shape index (κ3) is 8.23. The summed E-state index contributed by atoms with van der Waals surface area (Å²) >= 11 is 0. The van der Waals surface area contributed by atoms with Crippen molar-refractivity contribution in [3.63, 3.8) is 0 Å². The molecule has 0 spiro atoms. The van der Waals surface area contributed by atoms with Crippen molar-refractivity contribution in [2.45, 2.75) is 44.4 Å². The fourth-order valence-corrected chi connectivity index (χ4v) is 1.99. The van der Waals surface area contributed by atoms with Crippen molar-refractivity contribution in [2.75, 3.05) is 19.8 Å². The van der Waals surface area contributed by atoms with Crippen LogP contribution in [0.5, 0.6) is 0 Å². The van der Waals surface area contributed by atoms with Crippen LogP contribution in [0.2, 0.25) is 0 Å². The van der Waals surface area contributed by atoms with E-state index in [0.717, 1.165) is 19.3 Å². The zero-order chi connectivity index (χ0) is 14.7. The minimum absolute atomic E-state index is 0.128. The van der Waals surface area contributed by atoms with E-state index in [1.165, 1.54) is 5.56 Å². The van der Waals surface area contributed by atoms with E-state index in [2.05, 4.69) is 12.1 Å². The van der Waals surface area contributed by atoms with Crippen LogP contribution < -0.4 is 5.73 Å². The van der Waals surface area contributed by atoms with Crippen molar-refractivity contribution in [2.24, 2.45) is 5.73 Å². The lowest BCUT2D eigenvalue weighted by molar-refractivity contribution is -0.0409. The van der Waals surface area contributed by atoms with Crippen LogP contribution in [0, 0.1) is 0 Å². The molecule has 0 heterocycles. The monoisotopic (exact) mass is 285 g/mol. The molecule has 0 aliphatic carbocycles. The molecule has 0 aliphatic heterocycles. The molecule has 0 saturated carbocycles. The Kier molecular flexibility index (Phi) is 8.38. The molecule has 0 saturated heterocycles. The second-order valence-corrected chi connectivity index (χ2v) is 5.05. The van der Waals surface area contributed by atoms with Crippen LogP contribution in [0.4, 0.5) is 8.78 Å². The molecular weight excluding hydrogens is 260 g/mol. The molecule has 0 radical (unpaired) electrons. The summed E-state index contributed by atoms with van der Waals surface area (Å²) < 4.78 is 31.8. The Morgan fingerprint density at radius 1 is 0.950 bits per heavy atom. The third-order valence-electron chi connectivity index (χ3n) is 3.21. The third-order valence-corrected chi connectivity index (χ3v) is 3.21. The van der Waals surface area contributed by atoms with E-state index in [1.54, 1.807) is 0 Å². The highest BCUT2D eigenvalue weighted by molar-refractivity contribution is 5.14. The van der Waals surface area contributed by atoms with Gasteiger partial charge in [-0.1, -0.05) is 30.3 Å². The summed E-state index contributed by atoms with van der Waals surface area (Å²) in [6.45, 7) is 0.999. The lowest BCUT2D eigenvalue weighted by Crippen LogP contribution is -2.20. The first-order chi connectivity index (χ1) is 9.64. The number of ether oxygens (including phenoxy) is 1. The highest BCUT2D eigenvalue weighted by Gasteiger charge is 2.27. The number of hydrogen-bond acceptors (Lipinski definition) is 2. The maximum absolute atomic E-state index is 13.3. The van der Waals surface area contributed by atoms with Gasteiger partial charge in [-0.05, 0) is 37.8 Å². The average Bonchev–Trinajstić information content (AvgIpc) is 2.45. The Balaban J connectivity index is 1.97. The standard InChI is InChI=1S/C16H25F2NO/c17-16(18,10-6-12-19)11-14-20-13-5-4-9-15-7-2-1-3-8-15/h1-3,7-8H,4-6,9-14,19H2. The predicted octanol–water partition coefficient (Wildman–Crippen LogP) is 3.79. The fraction of sp³-hybridized carbons (Fsp3) is 0.625. The molecule has 2 N–H and O–H groups in total. The van der Waals surface area contributed by atoms with Crippen LogP contribution in [-0.2, 0) is 11.2 Å². The van der Waals surface area contributed by atoms with Gasteiger partial charge in [0.2, 0.25) is 5.92 Å². The molecule has 0 bridgehead atoms. The van der Waals surface area contributed by atoms with Crippen molar-refractivity contribution in [1.82, 2.24) is 0 Å². The maximum Gasteiger partial charge on any atom is 0.250 e. The number of nitrogens with two attached hydrogens (primary N) is 1. The van der Waals surface area contributed by atoms with Gasteiger partial charge in [0.1, 0.15) is 0 Å². The predicted molar refractivity (Wildman–Crippen MR) is 78.1 cm³/mol. The quantitative estimate of drug-likeness (QED) is 0.628. The summed E-state index contributed by atoms with van der Waals surface area (Å²) in [5.74, 6) is -2.64. The largest absolute Gasteiger partial charge is 0.381 e. The summed E-state index contributed by atoms with van der Waals surface area (Å²) in [6, 6.07) is 10.2. The molecule has 0 unspecified atom stereocenters. The van der Waals surface area contributed by atoms with E-state index in [1.807, 2.05) is 18.2 Å². The van der Waals surface area contributed by atoms with Gasteiger partial charge in [0.05, 0.1) is 6.61 Å². The zero-order valence-electron chi connectivity index (χ0n) is 12.0. The molecule has 4 heteroatoms. The van der Waals surface area contributed by atoms with Crippen LogP contribution in [0.3, 0.4) is 0 Å². The molecule has 1 aromatic rings. The van der Waals surface area contributed by atoms with Gasteiger partial charge < -0.3 is 10.5 Å². The van der Waals surface area contributed by atoms with E-state index in [4.69, 9.17) is 10.5 Å². The first-order valence-corrected chi connectivity index (χ1v) is 7.33. The minimum Gasteiger partial charge on any atom is -0.381 e. The second-order valence-electron chi connectivity index (χ2n) is 5.05. The van der Waals surface area contributed by atoms with Crippen molar-refractivity contribution < 1.29 is 13.5 Å². The zero-order valence-corrected chi connectivity index (χ0v) is 12.0. The number of aryl methyl sites for hydroxylation is 1. The van der Waals surface area contributed by atoms with Crippen LogP contribution >= 0.6 is 0 Å². The smallest absolute Gasteiger partial charge is 0.250 e. The van der Waals surface area contributed by atoms with Gasteiger partial charge >= 0.3 is 0 Å².